The first-order chi connectivity index (χ1) is 22.5. The van der Waals surface area contributed by atoms with E-state index in [2.05, 4.69) is 185 Å². The van der Waals surface area contributed by atoms with E-state index < -0.39 is 0 Å². The zero-order chi connectivity index (χ0) is 31.6. The fraction of sp³-hybridized carbons (Fsp3) is 0.0870. The van der Waals surface area contributed by atoms with E-state index in [9.17, 15) is 0 Å². The number of allylic oxidation sites excluding steroid dienone is 4. The molecule has 0 radical (unpaired) electrons. The molecule has 6 aromatic rings. The predicted octanol–water partition coefficient (Wildman–Crippen LogP) is 11.8. The molecule has 46 heavy (non-hydrogen) atoms. The van der Waals surface area contributed by atoms with Crippen LogP contribution in [0.15, 0.2) is 169 Å². The van der Waals surface area contributed by atoms with E-state index in [-0.39, 0.29) is 0 Å². The lowest BCUT2D eigenvalue weighted by atomic mass is 9.65. The third kappa shape index (κ3) is 5.59. The summed E-state index contributed by atoms with van der Waals surface area (Å²) in [5.41, 5.74) is 20.0. The molecule has 0 bridgehead atoms. The minimum atomic E-state index is 1.22. The van der Waals surface area contributed by atoms with Gasteiger partial charge < -0.3 is 0 Å². The summed E-state index contributed by atoms with van der Waals surface area (Å²) in [6.07, 6.45) is 0. The van der Waals surface area contributed by atoms with Crippen molar-refractivity contribution in [2.75, 3.05) is 0 Å². The first-order valence-corrected chi connectivity index (χ1v) is 16.1. The van der Waals surface area contributed by atoms with Crippen LogP contribution in [-0.4, -0.2) is 0 Å². The summed E-state index contributed by atoms with van der Waals surface area (Å²) in [6, 6.07) is 58.0. The molecule has 7 rings (SSSR count). The van der Waals surface area contributed by atoms with Gasteiger partial charge in [-0.2, -0.15) is 0 Å². The molecule has 222 valence electrons. The number of hydrogen-bond acceptors (Lipinski definition) is 0. The molecule has 0 heterocycles. The molecule has 0 spiro atoms. The molecule has 0 aliphatic heterocycles. The van der Waals surface area contributed by atoms with Crippen molar-refractivity contribution in [3.8, 4) is 0 Å². The summed E-state index contributed by atoms with van der Waals surface area (Å²) in [6.45, 7) is 8.64. The maximum Gasteiger partial charge on any atom is -0.000139 e. The molecule has 0 saturated carbocycles. The first-order valence-electron chi connectivity index (χ1n) is 16.1. The lowest BCUT2D eigenvalue weighted by Crippen LogP contribution is -2.17. The Kier molecular flexibility index (Phi) is 7.95. The SMILES string of the molecule is Cc1ccc(C(=C2C(=C(c3ccc(C)cc3)c3ccc(C)cc3)C(c3ccccc3)=C2c2ccccc2)c2ccc(C)cc2)cc1. The normalized spacial score (nSPS) is 12.6. The minimum Gasteiger partial charge on any atom is -0.0622 e. The van der Waals surface area contributed by atoms with Crippen LogP contribution in [0.3, 0.4) is 0 Å². The molecule has 0 N–H and O–H groups in total. The van der Waals surface area contributed by atoms with Crippen LogP contribution in [0.2, 0.25) is 0 Å². The van der Waals surface area contributed by atoms with Gasteiger partial charge >= 0.3 is 0 Å². The average molecular weight is 591 g/mol. The fourth-order valence-electron chi connectivity index (χ4n) is 6.52. The summed E-state index contributed by atoms with van der Waals surface area (Å²) in [5, 5.41) is 0. The Bertz CT molecular complexity index is 1830. The summed E-state index contributed by atoms with van der Waals surface area (Å²) in [7, 11) is 0. The smallest absolute Gasteiger partial charge is 0.000139 e. The quantitative estimate of drug-likeness (QED) is 0.181. The molecule has 0 unspecified atom stereocenters. The Morgan fingerprint density at radius 1 is 0.283 bits per heavy atom. The van der Waals surface area contributed by atoms with E-state index in [0.29, 0.717) is 0 Å². The lowest BCUT2D eigenvalue weighted by molar-refractivity contribution is 1.36. The van der Waals surface area contributed by atoms with Crippen LogP contribution < -0.4 is 0 Å². The van der Waals surface area contributed by atoms with Crippen LogP contribution in [0.25, 0.3) is 22.3 Å². The van der Waals surface area contributed by atoms with Gasteiger partial charge in [0, 0.05) is 0 Å². The third-order valence-corrected chi connectivity index (χ3v) is 8.99. The van der Waals surface area contributed by atoms with Gasteiger partial charge in [0.2, 0.25) is 0 Å². The van der Waals surface area contributed by atoms with Crippen LogP contribution in [0.4, 0.5) is 0 Å². The largest absolute Gasteiger partial charge is 0.0622 e. The van der Waals surface area contributed by atoms with Crippen molar-refractivity contribution in [2.24, 2.45) is 0 Å². The summed E-state index contributed by atoms with van der Waals surface area (Å²) in [4.78, 5) is 0. The first kappa shape index (κ1) is 29.3. The number of hydrogen-bond donors (Lipinski definition) is 0. The molecule has 0 atom stereocenters. The minimum absolute atomic E-state index is 1.22. The Balaban J connectivity index is 1.71. The van der Waals surface area contributed by atoms with Crippen molar-refractivity contribution in [3.05, 3.63) is 225 Å². The number of rotatable bonds is 6. The average Bonchev–Trinajstić information content (AvgIpc) is 3.08. The standard InChI is InChI=1S/C46H38/c1-31-15-23-37(24-16-31)41(38-25-17-32(2)18-26-38)45-43(35-11-7-5-8-12-35)44(36-13-9-6-10-14-36)46(45)42(39-27-19-33(3)20-28-39)40-29-21-34(4)22-30-40/h5-30H,1-4H3. The predicted molar refractivity (Wildman–Crippen MR) is 196 cm³/mol. The van der Waals surface area contributed by atoms with Crippen molar-refractivity contribution in [2.45, 2.75) is 27.7 Å². The summed E-state index contributed by atoms with van der Waals surface area (Å²) >= 11 is 0. The topological polar surface area (TPSA) is 0 Å². The third-order valence-electron chi connectivity index (χ3n) is 8.99. The molecule has 0 nitrogen and oxygen atoms in total. The second-order valence-electron chi connectivity index (χ2n) is 12.4. The Labute approximate surface area is 273 Å². The van der Waals surface area contributed by atoms with Crippen molar-refractivity contribution in [1.29, 1.82) is 0 Å². The van der Waals surface area contributed by atoms with E-state index in [0.717, 1.165) is 0 Å². The Hall–Kier alpha value is -5.46. The molecule has 1 aliphatic rings. The zero-order valence-electron chi connectivity index (χ0n) is 27.0. The summed E-state index contributed by atoms with van der Waals surface area (Å²) in [5.74, 6) is 0. The highest BCUT2D eigenvalue weighted by Gasteiger charge is 2.37. The Morgan fingerprint density at radius 3 is 0.761 bits per heavy atom. The van der Waals surface area contributed by atoms with Gasteiger partial charge in [-0.3, -0.25) is 0 Å². The van der Waals surface area contributed by atoms with Crippen molar-refractivity contribution in [1.82, 2.24) is 0 Å². The molecule has 0 fully saturated rings. The second-order valence-corrected chi connectivity index (χ2v) is 12.4. The van der Waals surface area contributed by atoms with Gasteiger partial charge in [-0.25, -0.2) is 0 Å². The van der Waals surface area contributed by atoms with E-state index in [1.807, 2.05) is 0 Å². The number of benzene rings is 6. The number of aryl methyl sites for hydroxylation is 4. The highest BCUT2D eigenvalue weighted by Crippen LogP contribution is 2.58. The molecule has 0 heteroatoms. The van der Waals surface area contributed by atoms with Gasteiger partial charge in [0.25, 0.3) is 0 Å². The van der Waals surface area contributed by atoms with Crippen LogP contribution in [-0.2, 0) is 0 Å². The molecule has 0 aromatic heterocycles. The van der Waals surface area contributed by atoms with Crippen LogP contribution in [0.1, 0.15) is 55.6 Å². The van der Waals surface area contributed by atoms with Crippen molar-refractivity contribution >= 4 is 22.3 Å². The Morgan fingerprint density at radius 2 is 0.522 bits per heavy atom. The molecule has 6 aromatic carbocycles. The summed E-state index contributed by atoms with van der Waals surface area (Å²) < 4.78 is 0. The molecule has 1 aliphatic carbocycles. The van der Waals surface area contributed by atoms with Gasteiger partial charge in [-0.05, 0) is 94.5 Å². The molecular weight excluding hydrogens is 553 g/mol. The van der Waals surface area contributed by atoms with E-state index in [4.69, 9.17) is 0 Å². The molecular formula is C46H38. The van der Waals surface area contributed by atoms with E-state index in [1.54, 1.807) is 0 Å². The molecule has 0 amide bonds. The van der Waals surface area contributed by atoms with E-state index >= 15 is 0 Å². The van der Waals surface area contributed by atoms with Crippen molar-refractivity contribution < 1.29 is 0 Å². The monoisotopic (exact) mass is 590 g/mol. The fourth-order valence-corrected chi connectivity index (χ4v) is 6.52. The highest BCUT2D eigenvalue weighted by molar-refractivity contribution is 6.26. The maximum absolute atomic E-state index is 2.29. The van der Waals surface area contributed by atoms with Gasteiger partial charge in [0.05, 0.1) is 0 Å². The van der Waals surface area contributed by atoms with Gasteiger partial charge in [-0.1, -0.05) is 180 Å². The molecule has 0 saturated heterocycles. The van der Waals surface area contributed by atoms with Crippen LogP contribution in [0.5, 0.6) is 0 Å². The lowest BCUT2D eigenvalue weighted by Gasteiger charge is -2.37. The second kappa shape index (κ2) is 12.5. The van der Waals surface area contributed by atoms with Gasteiger partial charge in [0.1, 0.15) is 0 Å². The van der Waals surface area contributed by atoms with Gasteiger partial charge in [-0.15, -0.1) is 0 Å². The van der Waals surface area contributed by atoms with Crippen molar-refractivity contribution in [3.63, 3.8) is 0 Å². The van der Waals surface area contributed by atoms with Gasteiger partial charge in [0.15, 0.2) is 0 Å². The maximum atomic E-state index is 2.29. The van der Waals surface area contributed by atoms with E-state index in [1.165, 1.54) is 89.1 Å². The van der Waals surface area contributed by atoms with Crippen LogP contribution >= 0.6 is 0 Å². The van der Waals surface area contributed by atoms with Crippen LogP contribution in [0, 0.1) is 27.7 Å². The zero-order valence-corrected chi connectivity index (χ0v) is 27.0. The highest BCUT2D eigenvalue weighted by atomic mass is 14.4.